The lowest BCUT2D eigenvalue weighted by atomic mass is 10.2. The summed E-state index contributed by atoms with van der Waals surface area (Å²) in [5.74, 6) is -0.989. The average molecular weight is 341 g/mol. The van der Waals surface area contributed by atoms with Crippen LogP contribution in [0.25, 0.3) is 0 Å². The lowest BCUT2D eigenvalue weighted by Crippen LogP contribution is -2.27. The van der Waals surface area contributed by atoms with Gasteiger partial charge in [0.2, 0.25) is 0 Å². The fraction of sp³-hybridized carbons (Fsp3) is 0.222. The molecule has 0 heterocycles. The van der Waals surface area contributed by atoms with Crippen LogP contribution in [-0.4, -0.2) is 22.8 Å². The highest BCUT2D eigenvalue weighted by Crippen LogP contribution is 2.21. The molecule has 0 aliphatic rings. The Morgan fingerprint density at radius 1 is 0.920 bits per heavy atom. The lowest BCUT2D eigenvalue weighted by molar-refractivity contribution is 0.0634. The number of carbonyl (C=O) groups is 2. The fourth-order valence-electron chi connectivity index (χ4n) is 1.82. The topological polar surface area (TPSA) is 100 Å². The Labute approximate surface area is 145 Å². The van der Waals surface area contributed by atoms with Crippen molar-refractivity contribution in [3.63, 3.8) is 0 Å². The van der Waals surface area contributed by atoms with E-state index in [4.69, 9.17) is 9.84 Å². The summed E-state index contributed by atoms with van der Waals surface area (Å²) in [5, 5.41) is 19.6. The predicted octanol–water partition coefficient (Wildman–Crippen LogP) is 5.15. The minimum absolute atomic E-state index is 0.191. The molecule has 2 N–H and O–H groups in total. The quantitative estimate of drug-likeness (QED) is 0.751. The van der Waals surface area contributed by atoms with Gasteiger partial charge in [-0.05, 0) is 69.3 Å². The summed E-state index contributed by atoms with van der Waals surface area (Å²) in [6.45, 7) is 5.37. The standard InChI is InChI=1S/C18H19N3O4/c1-18(2,3)25-17(24)19-13-8-10-15(11-9-13)21-20-14-6-4-12(5-7-14)16(22)23/h4-11H,1-3H3,(H,19,24)(H,22,23). The van der Waals surface area contributed by atoms with Gasteiger partial charge in [-0.3, -0.25) is 5.32 Å². The Bertz CT molecular complexity index is 775. The lowest BCUT2D eigenvalue weighted by Gasteiger charge is -2.19. The molecule has 0 unspecified atom stereocenters. The van der Waals surface area contributed by atoms with Crippen LogP contribution in [0.5, 0.6) is 0 Å². The highest BCUT2D eigenvalue weighted by molar-refractivity contribution is 5.87. The van der Waals surface area contributed by atoms with Gasteiger partial charge in [-0.1, -0.05) is 0 Å². The molecular weight excluding hydrogens is 322 g/mol. The third-order valence-electron chi connectivity index (χ3n) is 2.91. The molecule has 1 amide bonds. The Morgan fingerprint density at radius 2 is 1.40 bits per heavy atom. The van der Waals surface area contributed by atoms with Crippen molar-refractivity contribution in [1.29, 1.82) is 0 Å². The van der Waals surface area contributed by atoms with Gasteiger partial charge in [0.05, 0.1) is 16.9 Å². The molecule has 25 heavy (non-hydrogen) atoms. The number of benzene rings is 2. The number of carbonyl (C=O) groups excluding carboxylic acids is 1. The summed E-state index contributed by atoms with van der Waals surface area (Å²) >= 11 is 0. The normalized spacial score (nSPS) is 11.3. The molecule has 0 atom stereocenters. The van der Waals surface area contributed by atoms with Crippen LogP contribution >= 0.6 is 0 Å². The number of aromatic carboxylic acids is 1. The average Bonchev–Trinajstić information content (AvgIpc) is 2.53. The van der Waals surface area contributed by atoms with Crippen LogP contribution in [0.1, 0.15) is 31.1 Å². The Morgan fingerprint density at radius 3 is 1.84 bits per heavy atom. The fourth-order valence-corrected chi connectivity index (χ4v) is 1.82. The van der Waals surface area contributed by atoms with Crippen molar-refractivity contribution in [2.75, 3.05) is 5.32 Å². The molecule has 7 nitrogen and oxygen atoms in total. The highest BCUT2D eigenvalue weighted by Gasteiger charge is 2.16. The zero-order valence-corrected chi connectivity index (χ0v) is 14.2. The minimum atomic E-state index is -0.989. The number of anilines is 1. The molecule has 2 rings (SSSR count). The van der Waals surface area contributed by atoms with Gasteiger partial charge in [0.15, 0.2) is 0 Å². The Balaban J connectivity index is 1.97. The highest BCUT2D eigenvalue weighted by atomic mass is 16.6. The molecule has 2 aromatic carbocycles. The molecule has 0 bridgehead atoms. The second-order valence-corrected chi connectivity index (χ2v) is 6.23. The van der Waals surface area contributed by atoms with Gasteiger partial charge >= 0.3 is 12.1 Å². The molecule has 7 heteroatoms. The van der Waals surface area contributed by atoms with Crippen molar-refractivity contribution in [3.8, 4) is 0 Å². The first-order valence-corrected chi connectivity index (χ1v) is 7.58. The van der Waals surface area contributed by atoms with Crippen molar-refractivity contribution < 1.29 is 19.4 Å². The number of amides is 1. The monoisotopic (exact) mass is 341 g/mol. The molecular formula is C18H19N3O4. The van der Waals surface area contributed by atoms with Crippen LogP contribution in [0.2, 0.25) is 0 Å². The van der Waals surface area contributed by atoms with Crippen LogP contribution < -0.4 is 5.32 Å². The summed E-state index contributed by atoms with van der Waals surface area (Å²) < 4.78 is 5.17. The minimum Gasteiger partial charge on any atom is -0.478 e. The van der Waals surface area contributed by atoms with E-state index >= 15 is 0 Å². The van der Waals surface area contributed by atoms with Crippen LogP contribution in [0.3, 0.4) is 0 Å². The van der Waals surface area contributed by atoms with Crippen molar-refractivity contribution in [2.24, 2.45) is 10.2 Å². The molecule has 0 aromatic heterocycles. The number of carboxylic acid groups (broad SMARTS) is 1. The van der Waals surface area contributed by atoms with E-state index in [1.54, 1.807) is 57.2 Å². The van der Waals surface area contributed by atoms with Gasteiger partial charge in [-0.2, -0.15) is 10.2 Å². The zero-order valence-electron chi connectivity index (χ0n) is 14.2. The van der Waals surface area contributed by atoms with E-state index in [2.05, 4.69) is 15.5 Å². The van der Waals surface area contributed by atoms with Crippen molar-refractivity contribution in [2.45, 2.75) is 26.4 Å². The summed E-state index contributed by atoms with van der Waals surface area (Å²) in [4.78, 5) is 22.5. The largest absolute Gasteiger partial charge is 0.478 e. The first kappa shape index (κ1) is 18.1. The van der Waals surface area contributed by atoms with Gasteiger partial charge in [-0.25, -0.2) is 9.59 Å². The van der Waals surface area contributed by atoms with Crippen molar-refractivity contribution >= 4 is 29.1 Å². The third-order valence-corrected chi connectivity index (χ3v) is 2.91. The van der Waals surface area contributed by atoms with E-state index in [0.717, 1.165) is 0 Å². The van der Waals surface area contributed by atoms with Crippen LogP contribution in [0.15, 0.2) is 58.8 Å². The molecule has 130 valence electrons. The van der Waals surface area contributed by atoms with E-state index in [1.807, 2.05) is 0 Å². The number of azo groups is 1. The summed E-state index contributed by atoms with van der Waals surface area (Å²) in [5.41, 5.74) is 1.35. The molecule has 0 saturated carbocycles. The van der Waals surface area contributed by atoms with E-state index in [1.165, 1.54) is 12.1 Å². The smallest absolute Gasteiger partial charge is 0.412 e. The van der Waals surface area contributed by atoms with E-state index < -0.39 is 17.7 Å². The summed E-state index contributed by atoms with van der Waals surface area (Å²) in [7, 11) is 0. The van der Waals surface area contributed by atoms with E-state index in [0.29, 0.717) is 17.1 Å². The molecule has 0 fully saturated rings. The maximum absolute atomic E-state index is 11.7. The maximum Gasteiger partial charge on any atom is 0.412 e. The number of rotatable bonds is 4. The van der Waals surface area contributed by atoms with Gasteiger partial charge < -0.3 is 9.84 Å². The van der Waals surface area contributed by atoms with Crippen LogP contribution in [0, 0.1) is 0 Å². The number of ether oxygens (including phenoxy) is 1. The maximum atomic E-state index is 11.7. The molecule has 0 aliphatic carbocycles. The van der Waals surface area contributed by atoms with Crippen LogP contribution in [-0.2, 0) is 4.74 Å². The molecule has 0 radical (unpaired) electrons. The number of hydrogen-bond donors (Lipinski definition) is 2. The molecule has 2 aromatic rings. The summed E-state index contributed by atoms with van der Waals surface area (Å²) in [6, 6.07) is 12.8. The van der Waals surface area contributed by atoms with E-state index in [9.17, 15) is 9.59 Å². The van der Waals surface area contributed by atoms with Gasteiger partial charge in [0.25, 0.3) is 0 Å². The Kier molecular flexibility index (Phi) is 5.49. The molecule has 0 spiro atoms. The second kappa shape index (κ2) is 7.57. The number of hydrogen-bond acceptors (Lipinski definition) is 5. The van der Waals surface area contributed by atoms with Crippen molar-refractivity contribution in [3.05, 3.63) is 54.1 Å². The van der Waals surface area contributed by atoms with Crippen molar-refractivity contribution in [1.82, 2.24) is 0 Å². The number of nitrogens with one attached hydrogen (secondary N) is 1. The van der Waals surface area contributed by atoms with Gasteiger partial charge in [0.1, 0.15) is 5.60 Å². The first-order chi connectivity index (χ1) is 11.7. The number of carboxylic acids is 1. The SMILES string of the molecule is CC(C)(C)OC(=O)Nc1ccc(N=Nc2ccc(C(=O)O)cc2)cc1. The predicted molar refractivity (Wildman–Crippen MR) is 93.9 cm³/mol. The molecule has 0 saturated heterocycles. The van der Waals surface area contributed by atoms with Gasteiger partial charge in [-0.15, -0.1) is 0 Å². The first-order valence-electron chi connectivity index (χ1n) is 7.58. The van der Waals surface area contributed by atoms with Crippen LogP contribution in [0.4, 0.5) is 21.9 Å². The second-order valence-electron chi connectivity index (χ2n) is 6.23. The Hall–Kier alpha value is -3.22. The number of nitrogens with zero attached hydrogens (tertiary/aromatic N) is 2. The summed E-state index contributed by atoms with van der Waals surface area (Å²) in [6.07, 6.45) is -0.527. The van der Waals surface area contributed by atoms with E-state index in [-0.39, 0.29) is 5.56 Å². The van der Waals surface area contributed by atoms with Gasteiger partial charge in [0, 0.05) is 5.69 Å². The molecule has 0 aliphatic heterocycles. The third kappa shape index (κ3) is 6.06. The zero-order chi connectivity index (χ0) is 18.4.